The molecule has 6 heteroatoms. The molecule has 0 saturated heterocycles. The third-order valence-electron chi connectivity index (χ3n) is 2.20. The lowest BCUT2D eigenvalue weighted by Gasteiger charge is -2.21. The number of carbonyl (C=O) groups is 1. The minimum atomic E-state index is -0.532. The van der Waals surface area contributed by atoms with E-state index in [0.29, 0.717) is 18.9 Å². The van der Waals surface area contributed by atoms with E-state index in [1.165, 1.54) is 4.57 Å². The number of aromatic nitrogens is 2. The fraction of sp³-hybridized carbons (Fsp3) is 0.667. The molecule has 0 saturated carbocycles. The molecule has 0 unspecified atom stereocenters. The molecule has 0 atom stereocenters. The van der Waals surface area contributed by atoms with E-state index in [1.54, 1.807) is 12.4 Å². The van der Waals surface area contributed by atoms with Crippen LogP contribution in [0.25, 0.3) is 0 Å². The molecule has 0 aliphatic rings. The van der Waals surface area contributed by atoms with Crippen molar-refractivity contribution in [3.63, 3.8) is 0 Å². The van der Waals surface area contributed by atoms with Crippen molar-refractivity contribution in [2.75, 3.05) is 20.2 Å². The molecular weight excluding hydrogens is 234 g/mol. The quantitative estimate of drug-likeness (QED) is 0.872. The summed E-state index contributed by atoms with van der Waals surface area (Å²) in [5.41, 5.74) is -0.532. The third-order valence-corrected chi connectivity index (χ3v) is 2.20. The number of hydrogen-bond donors (Lipinski definition) is 1. The lowest BCUT2D eigenvalue weighted by Crippen LogP contribution is -2.30. The van der Waals surface area contributed by atoms with Crippen molar-refractivity contribution >= 4 is 6.09 Å². The average molecular weight is 255 g/mol. The summed E-state index contributed by atoms with van der Waals surface area (Å²) in [6.45, 7) is 6.54. The van der Waals surface area contributed by atoms with Crippen LogP contribution >= 0.6 is 0 Å². The van der Waals surface area contributed by atoms with Crippen molar-refractivity contribution in [3.05, 3.63) is 18.2 Å². The van der Waals surface area contributed by atoms with Gasteiger partial charge < -0.3 is 9.84 Å². The zero-order valence-corrected chi connectivity index (χ0v) is 11.4. The molecule has 0 aliphatic heterocycles. The first-order valence-corrected chi connectivity index (χ1v) is 5.88. The van der Waals surface area contributed by atoms with Gasteiger partial charge in [0.15, 0.2) is 0 Å². The molecular formula is C12H21N3O3. The fourth-order valence-electron chi connectivity index (χ4n) is 1.42. The molecule has 0 spiro atoms. The van der Waals surface area contributed by atoms with E-state index in [2.05, 4.69) is 4.98 Å². The lowest BCUT2D eigenvalue weighted by molar-refractivity contribution is 0.0528. The summed E-state index contributed by atoms with van der Waals surface area (Å²) in [7, 11) is 1.85. The van der Waals surface area contributed by atoms with Gasteiger partial charge in [0, 0.05) is 18.9 Å². The second-order valence-corrected chi connectivity index (χ2v) is 5.16. The third kappa shape index (κ3) is 4.46. The summed E-state index contributed by atoms with van der Waals surface area (Å²) in [5.74, 6) is 0.597. The van der Waals surface area contributed by atoms with E-state index < -0.39 is 11.7 Å². The van der Waals surface area contributed by atoms with Gasteiger partial charge in [0.05, 0.1) is 13.2 Å². The number of aliphatic hydroxyl groups excluding tert-OH is 1. The molecule has 1 rings (SSSR count). The minimum Gasteiger partial charge on any atom is -0.443 e. The Hall–Kier alpha value is -1.40. The fourth-order valence-corrected chi connectivity index (χ4v) is 1.42. The van der Waals surface area contributed by atoms with Gasteiger partial charge in [-0.1, -0.05) is 0 Å². The van der Waals surface area contributed by atoms with Crippen molar-refractivity contribution < 1.29 is 14.6 Å². The summed E-state index contributed by atoms with van der Waals surface area (Å²) >= 11 is 0. The van der Waals surface area contributed by atoms with Gasteiger partial charge in [-0.05, 0) is 27.8 Å². The van der Waals surface area contributed by atoms with Gasteiger partial charge in [-0.2, -0.15) is 0 Å². The molecule has 18 heavy (non-hydrogen) atoms. The molecule has 0 aliphatic carbocycles. The van der Waals surface area contributed by atoms with Gasteiger partial charge in [-0.3, -0.25) is 4.90 Å². The Morgan fingerprint density at radius 2 is 2.22 bits per heavy atom. The maximum atomic E-state index is 11.9. The van der Waals surface area contributed by atoms with Crippen LogP contribution < -0.4 is 0 Å². The molecule has 0 fully saturated rings. The van der Waals surface area contributed by atoms with Crippen molar-refractivity contribution in [1.82, 2.24) is 14.5 Å². The molecule has 1 aromatic heterocycles. The SMILES string of the molecule is CN(CCO)Cc1nccn1C(=O)OC(C)(C)C. The number of carbonyl (C=O) groups excluding carboxylic acids is 1. The van der Waals surface area contributed by atoms with Gasteiger partial charge in [-0.15, -0.1) is 0 Å². The topological polar surface area (TPSA) is 67.6 Å². The van der Waals surface area contributed by atoms with Crippen LogP contribution in [-0.2, 0) is 11.3 Å². The largest absolute Gasteiger partial charge is 0.443 e. The number of likely N-dealkylation sites (N-methyl/N-ethyl adjacent to an activating group) is 1. The summed E-state index contributed by atoms with van der Waals surface area (Å²) in [5, 5.41) is 8.84. The molecule has 1 aromatic rings. The Morgan fingerprint density at radius 3 is 2.78 bits per heavy atom. The molecule has 0 aromatic carbocycles. The highest BCUT2D eigenvalue weighted by atomic mass is 16.6. The number of nitrogens with zero attached hydrogens (tertiary/aromatic N) is 3. The zero-order valence-electron chi connectivity index (χ0n) is 11.4. The van der Waals surface area contributed by atoms with Gasteiger partial charge in [0.1, 0.15) is 11.4 Å². The first-order valence-electron chi connectivity index (χ1n) is 5.88. The second-order valence-electron chi connectivity index (χ2n) is 5.16. The highest BCUT2D eigenvalue weighted by Gasteiger charge is 2.20. The number of hydrogen-bond acceptors (Lipinski definition) is 5. The van der Waals surface area contributed by atoms with Crippen LogP contribution in [0.1, 0.15) is 26.6 Å². The van der Waals surface area contributed by atoms with E-state index in [9.17, 15) is 4.79 Å². The molecule has 0 bridgehead atoms. The molecule has 1 N–H and O–H groups in total. The van der Waals surface area contributed by atoms with Gasteiger partial charge in [-0.25, -0.2) is 14.3 Å². The predicted octanol–water partition coefficient (Wildman–Crippen LogP) is 1.09. The Bertz CT molecular complexity index is 396. The first kappa shape index (κ1) is 14.7. The lowest BCUT2D eigenvalue weighted by atomic mass is 10.2. The number of ether oxygens (including phenoxy) is 1. The van der Waals surface area contributed by atoms with Crippen molar-refractivity contribution in [1.29, 1.82) is 0 Å². The average Bonchev–Trinajstić information content (AvgIpc) is 2.63. The predicted molar refractivity (Wildman–Crippen MR) is 67.3 cm³/mol. The van der Waals surface area contributed by atoms with E-state index in [0.717, 1.165) is 0 Å². The number of imidazole rings is 1. The van der Waals surface area contributed by atoms with Crippen molar-refractivity contribution in [2.24, 2.45) is 0 Å². The Labute approximate surface area is 107 Å². The van der Waals surface area contributed by atoms with Gasteiger partial charge >= 0.3 is 6.09 Å². The molecule has 1 heterocycles. The van der Waals surface area contributed by atoms with E-state index in [4.69, 9.17) is 9.84 Å². The number of rotatable bonds is 4. The van der Waals surface area contributed by atoms with Crippen LogP contribution in [0.3, 0.4) is 0 Å². The van der Waals surface area contributed by atoms with Crippen molar-refractivity contribution in [3.8, 4) is 0 Å². The summed E-state index contributed by atoms with van der Waals surface area (Å²) in [6.07, 6.45) is 2.70. The van der Waals surface area contributed by atoms with Crippen molar-refractivity contribution in [2.45, 2.75) is 32.9 Å². The van der Waals surface area contributed by atoms with Crippen LogP contribution in [0.2, 0.25) is 0 Å². The maximum Gasteiger partial charge on any atom is 0.420 e. The second kappa shape index (κ2) is 5.97. The van der Waals surface area contributed by atoms with Crippen LogP contribution in [0, 0.1) is 0 Å². The van der Waals surface area contributed by atoms with Crippen LogP contribution in [0.4, 0.5) is 4.79 Å². The summed E-state index contributed by atoms with van der Waals surface area (Å²) in [4.78, 5) is 17.9. The zero-order chi connectivity index (χ0) is 13.8. The summed E-state index contributed by atoms with van der Waals surface area (Å²) < 4.78 is 6.67. The van der Waals surface area contributed by atoms with E-state index in [-0.39, 0.29) is 6.61 Å². The van der Waals surface area contributed by atoms with E-state index in [1.807, 2.05) is 32.7 Å². The molecule has 0 amide bonds. The smallest absolute Gasteiger partial charge is 0.420 e. The Morgan fingerprint density at radius 1 is 1.56 bits per heavy atom. The number of aliphatic hydroxyl groups is 1. The Balaban J connectivity index is 2.73. The van der Waals surface area contributed by atoms with Crippen LogP contribution in [0.5, 0.6) is 0 Å². The molecule has 0 radical (unpaired) electrons. The van der Waals surface area contributed by atoms with Gasteiger partial charge in [0.2, 0.25) is 0 Å². The monoisotopic (exact) mass is 255 g/mol. The maximum absolute atomic E-state index is 11.9. The molecule has 102 valence electrons. The highest BCUT2D eigenvalue weighted by molar-refractivity contribution is 5.71. The standard InChI is InChI=1S/C12H21N3O3/c1-12(2,3)18-11(17)15-6-5-13-10(15)9-14(4)7-8-16/h5-6,16H,7-9H2,1-4H3. The van der Waals surface area contributed by atoms with Crippen LogP contribution in [0.15, 0.2) is 12.4 Å². The van der Waals surface area contributed by atoms with E-state index >= 15 is 0 Å². The Kier molecular flexibility index (Phi) is 4.86. The van der Waals surface area contributed by atoms with Crippen LogP contribution in [-0.4, -0.2) is 51.5 Å². The normalized spacial score (nSPS) is 11.9. The van der Waals surface area contributed by atoms with Gasteiger partial charge in [0.25, 0.3) is 0 Å². The molecule has 6 nitrogen and oxygen atoms in total. The minimum absolute atomic E-state index is 0.0731. The summed E-state index contributed by atoms with van der Waals surface area (Å²) in [6, 6.07) is 0. The first-order chi connectivity index (χ1) is 8.33. The highest BCUT2D eigenvalue weighted by Crippen LogP contribution is 2.10.